The number of carbonyl (C=O) groups excluding carboxylic acids is 1. The van der Waals surface area contributed by atoms with Crippen molar-refractivity contribution in [1.29, 1.82) is 0 Å². The Kier molecular flexibility index (Phi) is 5.58. The molecular formula is C15H19BrN2O2S. The highest BCUT2D eigenvalue weighted by Crippen LogP contribution is 2.30. The molecule has 0 aliphatic carbocycles. The van der Waals surface area contributed by atoms with Crippen LogP contribution < -0.4 is 10.1 Å². The van der Waals surface area contributed by atoms with E-state index in [9.17, 15) is 4.79 Å². The minimum atomic E-state index is -0.172. The summed E-state index contributed by atoms with van der Waals surface area (Å²) in [5, 5.41) is 3.48. The summed E-state index contributed by atoms with van der Waals surface area (Å²) in [6.07, 6.45) is 1.90. The van der Waals surface area contributed by atoms with Gasteiger partial charge in [-0.05, 0) is 38.5 Å². The minimum absolute atomic E-state index is 0.0467. The van der Waals surface area contributed by atoms with Crippen molar-refractivity contribution in [3.8, 4) is 5.75 Å². The molecule has 1 aromatic heterocycles. The summed E-state index contributed by atoms with van der Waals surface area (Å²) in [5.41, 5.74) is 0.869. The normalized spacial score (nSPS) is 12.6. The Morgan fingerprint density at radius 2 is 2.24 bits per heavy atom. The SMILES string of the molecule is CCCC(Br)C(=O)Nc1nc2ccc(OC(C)C)cc2s1. The molecule has 1 amide bonds. The third-order valence-corrected chi connectivity index (χ3v) is 4.60. The Hall–Kier alpha value is -1.14. The summed E-state index contributed by atoms with van der Waals surface area (Å²) >= 11 is 4.85. The van der Waals surface area contributed by atoms with E-state index in [4.69, 9.17) is 4.74 Å². The molecule has 2 aromatic rings. The molecule has 21 heavy (non-hydrogen) atoms. The van der Waals surface area contributed by atoms with Gasteiger partial charge in [0, 0.05) is 0 Å². The van der Waals surface area contributed by atoms with Crippen molar-refractivity contribution in [2.75, 3.05) is 5.32 Å². The highest BCUT2D eigenvalue weighted by Gasteiger charge is 2.15. The van der Waals surface area contributed by atoms with E-state index < -0.39 is 0 Å². The van der Waals surface area contributed by atoms with Crippen molar-refractivity contribution in [3.05, 3.63) is 18.2 Å². The predicted molar refractivity (Wildman–Crippen MR) is 91.6 cm³/mol. The number of rotatable bonds is 6. The van der Waals surface area contributed by atoms with Crippen LogP contribution in [0.2, 0.25) is 0 Å². The van der Waals surface area contributed by atoms with Gasteiger partial charge in [0.15, 0.2) is 5.13 Å². The number of benzene rings is 1. The first-order valence-electron chi connectivity index (χ1n) is 7.01. The van der Waals surface area contributed by atoms with Gasteiger partial charge < -0.3 is 10.1 Å². The second-order valence-corrected chi connectivity index (χ2v) is 7.20. The number of nitrogens with zero attached hydrogens (tertiary/aromatic N) is 1. The number of aromatic nitrogens is 1. The van der Waals surface area contributed by atoms with Gasteiger partial charge in [0.1, 0.15) is 5.75 Å². The lowest BCUT2D eigenvalue weighted by Crippen LogP contribution is -2.22. The van der Waals surface area contributed by atoms with Crippen molar-refractivity contribution in [2.24, 2.45) is 0 Å². The number of fused-ring (bicyclic) bond motifs is 1. The fourth-order valence-electron chi connectivity index (χ4n) is 1.87. The standard InChI is InChI=1S/C15H19BrN2O2S/c1-4-5-11(16)14(19)18-15-17-12-7-6-10(20-9(2)3)8-13(12)21-15/h6-9,11H,4-5H2,1-3H3,(H,17,18,19). The maximum absolute atomic E-state index is 12.0. The first-order valence-corrected chi connectivity index (χ1v) is 8.75. The second kappa shape index (κ2) is 7.22. The third kappa shape index (κ3) is 4.41. The molecule has 0 aliphatic heterocycles. The first kappa shape index (κ1) is 16.2. The van der Waals surface area contributed by atoms with Crippen LogP contribution in [0.3, 0.4) is 0 Å². The molecule has 1 aromatic carbocycles. The van der Waals surface area contributed by atoms with E-state index in [1.165, 1.54) is 11.3 Å². The number of anilines is 1. The number of alkyl halides is 1. The monoisotopic (exact) mass is 370 g/mol. The van der Waals surface area contributed by atoms with E-state index in [0.717, 1.165) is 28.8 Å². The summed E-state index contributed by atoms with van der Waals surface area (Å²) in [6.45, 7) is 6.04. The zero-order valence-corrected chi connectivity index (χ0v) is 14.8. The van der Waals surface area contributed by atoms with Crippen LogP contribution in [0.25, 0.3) is 10.2 Å². The molecule has 4 nitrogen and oxygen atoms in total. The van der Waals surface area contributed by atoms with Crippen LogP contribution >= 0.6 is 27.3 Å². The molecule has 0 fully saturated rings. The maximum Gasteiger partial charge on any atom is 0.239 e. The van der Waals surface area contributed by atoms with E-state index in [1.807, 2.05) is 32.0 Å². The average Bonchev–Trinajstić information content (AvgIpc) is 2.79. The Morgan fingerprint density at radius 3 is 2.90 bits per heavy atom. The molecule has 1 heterocycles. The number of carbonyl (C=O) groups is 1. The number of amides is 1. The molecule has 114 valence electrons. The predicted octanol–water partition coefficient (Wildman–Crippen LogP) is 4.59. The Bertz CT molecular complexity index is 627. The molecule has 0 bridgehead atoms. The van der Waals surface area contributed by atoms with E-state index in [0.29, 0.717) is 5.13 Å². The van der Waals surface area contributed by atoms with Crippen LogP contribution in [0, 0.1) is 0 Å². The van der Waals surface area contributed by atoms with Crippen molar-refractivity contribution in [2.45, 2.75) is 44.5 Å². The molecule has 0 radical (unpaired) electrons. The smallest absolute Gasteiger partial charge is 0.239 e. The highest BCUT2D eigenvalue weighted by atomic mass is 79.9. The summed E-state index contributed by atoms with van der Waals surface area (Å²) < 4.78 is 6.67. The van der Waals surface area contributed by atoms with Crippen LogP contribution in [0.4, 0.5) is 5.13 Å². The Labute approximate surface area is 137 Å². The summed E-state index contributed by atoms with van der Waals surface area (Å²) in [5.74, 6) is 0.776. The molecule has 0 aliphatic rings. The highest BCUT2D eigenvalue weighted by molar-refractivity contribution is 9.10. The molecule has 0 saturated heterocycles. The number of halogens is 1. The molecule has 1 unspecified atom stereocenters. The van der Waals surface area contributed by atoms with Crippen molar-refractivity contribution in [3.63, 3.8) is 0 Å². The summed E-state index contributed by atoms with van der Waals surface area (Å²) in [7, 11) is 0. The molecule has 1 atom stereocenters. The van der Waals surface area contributed by atoms with Gasteiger partial charge in [-0.2, -0.15) is 0 Å². The fourth-order valence-corrected chi connectivity index (χ4v) is 3.34. The van der Waals surface area contributed by atoms with E-state index >= 15 is 0 Å². The molecule has 0 saturated carbocycles. The number of thiazole rings is 1. The third-order valence-electron chi connectivity index (χ3n) is 2.79. The van der Waals surface area contributed by atoms with Crippen LogP contribution in [0.15, 0.2) is 18.2 Å². The Morgan fingerprint density at radius 1 is 1.48 bits per heavy atom. The van der Waals surface area contributed by atoms with Gasteiger partial charge in [-0.3, -0.25) is 4.79 Å². The second-order valence-electron chi connectivity index (χ2n) is 5.06. The molecule has 1 N–H and O–H groups in total. The zero-order valence-electron chi connectivity index (χ0n) is 12.4. The van der Waals surface area contributed by atoms with Crippen molar-refractivity contribution >= 4 is 48.5 Å². The van der Waals surface area contributed by atoms with E-state index in [-0.39, 0.29) is 16.8 Å². The van der Waals surface area contributed by atoms with Gasteiger partial charge in [-0.15, -0.1) is 0 Å². The Balaban J connectivity index is 2.13. The summed E-state index contributed by atoms with van der Waals surface area (Å²) in [4.78, 5) is 16.2. The lowest BCUT2D eigenvalue weighted by atomic mass is 10.2. The molecule has 2 rings (SSSR count). The zero-order chi connectivity index (χ0) is 15.4. The van der Waals surface area contributed by atoms with Gasteiger partial charge in [0.2, 0.25) is 5.91 Å². The van der Waals surface area contributed by atoms with Gasteiger partial charge in [0.25, 0.3) is 0 Å². The van der Waals surface area contributed by atoms with Crippen molar-refractivity contribution in [1.82, 2.24) is 4.98 Å². The number of nitrogens with one attached hydrogen (secondary N) is 1. The summed E-state index contributed by atoms with van der Waals surface area (Å²) in [6, 6.07) is 5.77. The van der Waals surface area contributed by atoms with Crippen LogP contribution in [-0.2, 0) is 4.79 Å². The fraction of sp³-hybridized carbons (Fsp3) is 0.467. The lowest BCUT2D eigenvalue weighted by Gasteiger charge is -2.08. The minimum Gasteiger partial charge on any atom is -0.491 e. The van der Waals surface area contributed by atoms with Crippen LogP contribution in [0.5, 0.6) is 5.75 Å². The van der Waals surface area contributed by atoms with Crippen molar-refractivity contribution < 1.29 is 9.53 Å². The molecule has 6 heteroatoms. The topological polar surface area (TPSA) is 51.2 Å². The quantitative estimate of drug-likeness (QED) is 0.756. The largest absolute Gasteiger partial charge is 0.491 e. The van der Waals surface area contributed by atoms with Gasteiger partial charge in [-0.25, -0.2) is 4.98 Å². The number of hydrogen-bond donors (Lipinski definition) is 1. The first-order chi connectivity index (χ1) is 9.99. The van der Waals surface area contributed by atoms with E-state index in [1.54, 1.807) is 0 Å². The average molecular weight is 371 g/mol. The number of hydrogen-bond acceptors (Lipinski definition) is 4. The van der Waals surface area contributed by atoms with Gasteiger partial charge >= 0.3 is 0 Å². The van der Waals surface area contributed by atoms with Gasteiger partial charge in [-0.1, -0.05) is 40.6 Å². The van der Waals surface area contributed by atoms with Crippen LogP contribution in [-0.4, -0.2) is 21.8 Å². The van der Waals surface area contributed by atoms with Gasteiger partial charge in [0.05, 0.1) is 21.1 Å². The number of ether oxygens (including phenoxy) is 1. The molecular weight excluding hydrogens is 352 g/mol. The maximum atomic E-state index is 12.0. The van der Waals surface area contributed by atoms with E-state index in [2.05, 4.69) is 33.2 Å². The molecule has 0 spiro atoms. The van der Waals surface area contributed by atoms with Crippen LogP contribution in [0.1, 0.15) is 33.6 Å². The lowest BCUT2D eigenvalue weighted by molar-refractivity contribution is -0.115.